The monoisotopic (exact) mass is 391 g/mol. The first-order valence-electron chi connectivity index (χ1n) is 8.47. The van der Waals surface area contributed by atoms with Crippen molar-refractivity contribution >= 4 is 38.7 Å². The minimum Gasteiger partial charge on any atom is -0.495 e. The van der Waals surface area contributed by atoms with Gasteiger partial charge in [-0.25, -0.2) is 9.97 Å². The van der Waals surface area contributed by atoms with Crippen LogP contribution in [0, 0.1) is 0 Å². The highest BCUT2D eigenvalue weighted by Gasteiger charge is 2.20. The molecule has 0 amide bonds. The lowest BCUT2D eigenvalue weighted by atomic mass is 10.0. The van der Waals surface area contributed by atoms with E-state index >= 15 is 0 Å². The van der Waals surface area contributed by atoms with Crippen molar-refractivity contribution in [2.45, 2.75) is 6.42 Å². The third-order valence-corrected chi connectivity index (χ3v) is 5.80. The molecule has 0 radical (unpaired) electrons. The lowest BCUT2D eigenvalue weighted by Gasteiger charge is -2.09. The lowest BCUT2D eigenvalue weighted by molar-refractivity contribution is 0.415. The van der Waals surface area contributed by atoms with E-state index in [1.165, 1.54) is 4.70 Å². The minimum absolute atomic E-state index is 0.578. The molecule has 0 saturated heterocycles. The first kappa shape index (κ1) is 16.4. The number of allylic oxidation sites excluding steroid dienone is 1. The van der Waals surface area contributed by atoms with Crippen molar-refractivity contribution in [3.05, 3.63) is 76.2 Å². The number of thiazole rings is 1. The molecule has 2 heterocycles. The summed E-state index contributed by atoms with van der Waals surface area (Å²) < 4.78 is 6.50. The number of hydrogen-bond acceptors (Lipinski definition) is 5. The molecule has 4 aromatic rings. The fourth-order valence-corrected chi connectivity index (χ4v) is 4.22. The highest BCUT2D eigenvalue weighted by Crippen LogP contribution is 2.35. The van der Waals surface area contributed by atoms with Crippen molar-refractivity contribution in [3.8, 4) is 17.0 Å². The van der Waals surface area contributed by atoms with Gasteiger partial charge in [0.25, 0.3) is 0 Å². The van der Waals surface area contributed by atoms with Crippen LogP contribution in [0.15, 0.2) is 54.2 Å². The lowest BCUT2D eigenvalue weighted by Crippen LogP contribution is -1.98. The van der Waals surface area contributed by atoms with Crippen molar-refractivity contribution < 1.29 is 4.74 Å². The summed E-state index contributed by atoms with van der Waals surface area (Å²) in [5, 5.41) is 0.578. The van der Waals surface area contributed by atoms with Crippen LogP contribution in [0.1, 0.15) is 17.0 Å². The molecule has 0 saturated carbocycles. The largest absolute Gasteiger partial charge is 0.495 e. The maximum absolute atomic E-state index is 6.14. The van der Waals surface area contributed by atoms with Gasteiger partial charge >= 0.3 is 0 Å². The Bertz CT molecular complexity index is 1220. The third-order valence-electron chi connectivity index (χ3n) is 4.69. The van der Waals surface area contributed by atoms with Gasteiger partial charge in [-0.3, -0.25) is 4.98 Å². The van der Waals surface area contributed by atoms with Gasteiger partial charge in [-0.1, -0.05) is 29.8 Å². The van der Waals surface area contributed by atoms with E-state index in [0.717, 1.165) is 45.7 Å². The summed E-state index contributed by atoms with van der Waals surface area (Å²) in [6, 6.07) is 12.0. The predicted molar refractivity (Wildman–Crippen MR) is 109 cm³/mol. The van der Waals surface area contributed by atoms with Gasteiger partial charge in [0.05, 0.1) is 51.1 Å². The number of benzene rings is 2. The van der Waals surface area contributed by atoms with E-state index in [0.29, 0.717) is 10.8 Å². The average Bonchev–Trinajstić information content (AvgIpc) is 3.34. The summed E-state index contributed by atoms with van der Waals surface area (Å²) in [4.78, 5) is 13.9. The highest BCUT2D eigenvalue weighted by atomic mass is 35.5. The molecule has 0 unspecified atom stereocenters. The van der Waals surface area contributed by atoms with E-state index in [1.54, 1.807) is 18.4 Å². The number of fused-ring (bicyclic) bond motifs is 2. The molecule has 5 rings (SSSR count). The number of nitrogens with zero attached hydrogens (tertiary/aromatic N) is 3. The Morgan fingerprint density at radius 2 is 1.96 bits per heavy atom. The second-order valence-corrected chi connectivity index (χ2v) is 7.55. The van der Waals surface area contributed by atoms with Crippen LogP contribution in [-0.4, -0.2) is 22.1 Å². The molecule has 0 spiro atoms. The van der Waals surface area contributed by atoms with E-state index in [1.807, 2.05) is 29.9 Å². The molecule has 132 valence electrons. The number of halogens is 1. The summed E-state index contributed by atoms with van der Waals surface area (Å²) >= 11 is 7.79. The summed E-state index contributed by atoms with van der Waals surface area (Å²) in [6.07, 6.45) is 4.80. The predicted octanol–water partition coefficient (Wildman–Crippen LogP) is 5.40. The van der Waals surface area contributed by atoms with Crippen molar-refractivity contribution in [3.63, 3.8) is 0 Å². The van der Waals surface area contributed by atoms with Crippen LogP contribution >= 0.6 is 22.9 Å². The average molecular weight is 392 g/mol. The van der Waals surface area contributed by atoms with Crippen LogP contribution < -0.4 is 4.74 Å². The normalized spacial score (nSPS) is 12.9. The van der Waals surface area contributed by atoms with Gasteiger partial charge < -0.3 is 4.74 Å². The van der Waals surface area contributed by atoms with Gasteiger partial charge in [-0.2, -0.15) is 0 Å². The Balaban J connectivity index is 1.58. The van der Waals surface area contributed by atoms with E-state index in [2.05, 4.69) is 34.2 Å². The third kappa shape index (κ3) is 2.80. The van der Waals surface area contributed by atoms with Gasteiger partial charge in [0.2, 0.25) is 0 Å². The zero-order valence-electron chi connectivity index (χ0n) is 14.4. The van der Waals surface area contributed by atoms with Gasteiger partial charge in [-0.05, 0) is 29.8 Å². The molecule has 0 atom stereocenters. The molecule has 1 aliphatic carbocycles. The molecule has 0 bridgehead atoms. The van der Waals surface area contributed by atoms with Gasteiger partial charge in [0.1, 0.15) is 5.75 Å². The Labute approximate surface area is 165 Å². The zero-order chi connectivity index (χ0) is 18.4. The second-order valence-electron chi connectivity index (χ2n) is 6.26. The molecule has 6 heteroatoms. The molecule has 0 aliphatic heterocycles. The molecular weight excluding hydrogens is 378 g/mol. The summed E-state index contributed by atoms with van der Waals surface area (Å²) in [7, 11) is 1.61. The summed E-state index contributed by atoms with van der Waals surface area (Å²) in [6.45, 7) is 0. The first-order chi connectivity index (χ1) is 13.2. The van der Waals surface area contributed by atoms with E-state index in [4.69, 9.17) is 21.3 Å². The van der Waals surface area contributed by atoms with E-state index < -0.39 is 0 Å². The Morgan fingerprint density at radius 3 is 2.85 bits per heavy atom. The summed E-state index contributed by atoms with van der Waals surface area (Å²) in [5.74, 6) is 0.628. The molecule has 2 aromatic heterocycles. The molecule has 4 nitrogen and oxygen atoms in total. The minimum atomic E-state index is 0.578. The fourth-order valence-electron chi connectivity index (χ4n) is 3.31. The van der Waals surface area contributed by atoms with Gasteiger partial charge in [0, 0.05) is 17.6 Å². The van der Waals surface area contributed by atoms with Crippen molar-refractivity contribution in [1.82, 2.24) is 15.0 Å². The molecule has 0 fully saturated rings. The molecule has 1 aliphatic rings. The van der Waals surface area contributed by atoms with Crippen LogP contribution in [0.3, 0.4) is 0 Å². The SMILES string of the molecule is COc1cc(-c2cnc3c(n2)C(c2ccc4ncsc4c2)=CC3)ccc1Cl. The number of aromatic nitrogens is 3. The summed E-state index contributed by atoms with van der Waals surface area (Å²) in [5.41, 5.74) is 8.82. The zero-order valence-corrected chi connectivity index (χ0v) is 16.0. The van der Waals surface area contributed by atoms with E-state index in [9.17, 15) is 0 Å². The maximum Gasteiger partial charge on any atom is 0.138 e. The Kier molecular flexibility index (Phi) is 3.92. The number of rotatable bonds is 3. The second kappa shape index (κ2) is 6.44. The van der Waals surface area contributed by atoms with Crippen LogP contribution in [0.4, 0.5) is 0 Å². The van der Waals surface area contributed by atoms with Crippen LogP contribution in [0.5, 0.6) is 5.75 Å². The standard InChI is InChI=1S/C21H14ClN3OS/c1-26-19-8-13(2-5-15(19)22)18-10-23-17-7-4-14(21(17)25-18)12-3-6-16-20(9-12)27-11-24-16/h2-6,8-11H,7H2,1H3. The molecule has 27 heavy (non-hydrogen) atoms. The Hall–Kier alpha value is -2.76. The smallest absolute Gasteiger partial charge is 0.138 e. The first-order valence-corrected chi connectivity index (χ1v) is 9.72. The van der Waals surface area contributed by atoms with Crippen LogP contribution in [0.25, 0.3) is 27.0 Å². The number of ether oxygens (including phenoxy) is 1. The van der Waals surface area contributed by atoms with Gasteiger partial charge in [0.15, 0.2) is 0 Å². The van der Waals surface area contributed by atoms with Crippen molar-refractivity contribution in [2.24, 2.45) is 0 Å². The van der Waals surface area contributed by atoms with Crippen LogP contribution in [-0.2, 0) is 6.42 Å². The van der Waals surface area contributed by atoms with E-state index in [-0.39, 0.29) is 0 Å². The molecule has 2 aromatic carbocycles. The Morgan fingerprint density at radius 1 is 1.07 bits per heavy atom. The van der Waals surface area contributed by atoms with Crippen LogP contribution in [0.2, 0.25) is 5.02 Å². The highest BCUT2D eigenvalue weighted by molar-refractivity contribution is 7.16. The molecular formula is C21H14ClN3OS. The topological polar surface area (TPSA) is 47.9 Å². The molecule has 0 N–H and O–H groups in total. The van der Waals surface area contributed by atoms with Crippen molar-refractivity contribution in [1.29, 1.82) is 0 Å². The fraction of sp³-hybridized carbons (Fsp3) is 0.0952. The maximum atomic E-state index is 6.14. The number of methoxy groups -OCH3 is 1. The van der Waals surface area contributed by atoms with Gasteiger partial charge in [-0.15, -0.1) is 11.3 Å². The number of hydrogen-bond donors (Lipinski definition) is 0. The quantitative estimate of drug-likeness (QED) is 0.469. The van der Waals surface area contributed by atoms with Crippen molar-refractivity contribution in [2.75, 3.05) is 7.11 Å².